The van der Waals surface area contributed by atoms with Gasteiger partial charge in [-0.05, 0) is 43.7 Å². The molecule has 1 aliphatic carbocycles. The first-order chi connectivity index (χ1) is 8.19. The lowest BCUT2D eigenvalue weighted by Crippen LogP contribution is -2.28. The Morgan fingerprint density at radius 3 is 2.47 bits per heavy atom. The molecule has 0 aromatic heterocycles. The maximum atomic E-state index is 9.27. The number of aliphatic hydroxyl groups is 1. The summed E-state index contributed by atoms with van der Waals surface area (Å²) in [4.78, 5) is 1.30. The molecule has 1 saturated carbocycles. The Hall–Kier alpha value is -0.510. The minimum Gasteiger partial charge on any atom is -0.396 e. The van der Waals surface area contributed by atoms with Crippen LogP contribution >= 0.6 is 11.8 Å². The standard InChI is InChI=1S/C14H21NOS/c1-11(15-9-14(10-16)7-8-14)12-3-5-13(17-2)6-4-12/h3-6,11,15-16H,7-10H2,1-2H3. The summed E-state index contributed by atoms with van der Waals surface area (Å²) in [5.41, 5.74) is 1.50. The third kappa shape index (κ3) is 3.24. The Bertz CT molecular complexity index is 359. The summed E-state index contributed by atoms with van der Waals surface area (Å²) in [6.45, 7) is 3.43. The van der Waals surface area contributed by atoms with E-state index in [1.807, 2.05) is 0 Å². The summed E-state index contributed by atoms with van der Waals surface area (Å²) < 4.78 is 0. The predicted molar refractivity (Wildman–Crippen MR) is 73.4 cm³/mol. The van der Waals surface area contributed by atoms with Gasteiger partial charge < -0.3 is 10.4 Å². The van der Waals surface area contributed by atoms with Gasteiger partial charge in [0.2, 0.25) is 0 Å². The molecule has 0 amide bonds. The summed E-state index contributed by atoms with van der Waals surface area (Å²) in [6, 6.07) is 9.05. The molecule has 3 heteroatoms. The van der Waals surface area contributed by atoms with Crippen LogP contribution in [0, 0.1) is 5.41 Å². The van der Waals surface area contributed by atoms with E-state index in [1.54, 1.807) is 11.8 Å². The molecule has 17 heavy (non-hydrogen) atoms. The minimum absolute atomic E-state index is 0.188. The average molecular weight is 251 g/mol. The zero-order valence-electron chi connectivity index (χ0n) is 10.6. The fraction of sp³-hybridized carbons (Fsp3) is 0.571. The molecule has 1 unspecified atom stereocenters. The van der Waals surface area contributed by atoms with Gasteiger partial charge in [-0.2, -0.15) is 0 Å². The zero-order chi connectivity index (χ0) is 12.3. The van der Waals surface area contributed by atoms with E-state index in [2.05, 4.69) is 42.8 Å². The van der Waals surface area contributed by atoms with E-state index >= 15 is 0 Å². The van der Waals surface area contributed by atoms with Crippen molar-refractivity contribution in [1.82, 2.24) is 5.32 Å². The van der Waals surface area contributed by atoms with Gasteiger partial charge in [-0.15, -0.1) is 11.8 Å². The van der Waals surface area contributed by atoms with E-state index in [0.29, 0.717) is 12.6 Å². The van der Waals surface area contributed by atoms with Crippen LogP contribution < -0.4 is 5.32 Å². The van der Waals surface area contributed by atoms with Crippen molar-refractivity contribution in [2.24, 2.45) is 5.41 Å². The first kappa shape index (κ1) is 12.9. The van der Waals surface area contributed by atoms with Crippen molar-refractivity contribution >= 4 is 11.8 Å². The quantitative estimate of drug-likeness (QED) is 0.763. The molecule has 0 bridgehead atoms. The number of nitrogens with one attached hydrogen (secondary N) is 1. The van der Waals surface area contributed by atoms with Gasteiger partial charge in [0, 0.05) is 29.5 Å². The van der Waals surface area contributed by atoms with Crippen molar-refractivity contribution < 1.29 is 5.11 Å². The fourth-order valence-electron chi connectivity index (χ4n) is 1.95. The van der Waals surface area contributed by atoms with E-state index in [9.17, 15) is 5.11 Å². The maximum Gasteiger partial charge on any atom is 0.0499 e. The average Bonchev–Trinajstić information content (AvgIpc) is 3.17. The molecule has 94 valence electrons. The van der Waals surface area contributed by atoms with Crippen LogP contribution in [0.2, 0.25) is 0 Å². The molecule has 0 radical (unpaired) electrons. The summed E-state index contributed by atoms with van der Waals surface area (Å²) in [5, 5.41) is 12.8. The molecule has 1 atom stereocenters. The normalized spacial score (nSPS) is 19.0. The Labute approximate surface area is 108 Å². The van der Waals surface area contributed by atoms with Gasteiger partial charge in [-0.25, -0.2) is 0 Å². The first-order valence-electron chi connectivity index (χ1n) is 6.17. The molecule has 2 N–H and O–H groups in total. The van der Waals surface area contributed by atoms with Gasteiger partial charge >= 0.3 is 0 Å². The van der Waals surface area contributed by atoms with Crippen molar-refractivity contribution in [2.45, 2.75) is 30.7 Å². The van der Waals surface area contributed by atoms with Crippen LogP contribution in [0.4, 0.5) is 0 Å². The third-order valence-corrected chi connectivity index (χ3v) is 4.44. The van der Waals surface area contributed by atoms with Crippen molar-refractivity contribution in [3.8, 4) is 0 Å². The lowest BCUT2D eigenvalue weighted by molar-refractivity contribution is 0.204. The van der Waals surface area contributed by atoms with Gasteiger partial charge in [0.05, 0.1) is 0 Å². The van der Waals surface area contributed by atoms with Crippen molar-refractivity contribution in [1.29, 1.82) is 0 Å². The van der Waals surface area contributed by atoms with Crippen LogP contribution in [0.25, 0.3) is 0 Å². The third-order valence-electron chi connectivity index (χ3n) is 3.69. The minimum atomic E-state index is 0.188. The monoisotopic (exact) mass is 251 g/mol. The summed E-state index contributed by atoms with van der Waals surface area (Å²) in [7, 11) is 0. The molecule has 2 nitrogen and oxygen atoms in total. The van der Waals surface area contributed by atoms with Gasteiger partial charge in [0.15, 0.2) is 0 Å². The Morgan fingerprint density at radius 1 is 1.35 bits per heavy atom. The predicted octanol–water partition coefficient (Wildman–Crippen LogP) is 2.83. The fourth-order valence-corrected chi connectivity index (χ4v) is 2.36. The van der Waals surface area contributed by atoms with E-state index in [-0.39, 0.29) is 5.41 Å². The van der Waals surface area contributed by atoms with Crippen LogP contribution in [0.15, 0.2) is 29.2 Å². The highest BCUT2D eigenvalue weighted by molar-refractivity contribution is 7.98. The number of benzene rings is 1. The number of hydrogen-bond donors (Lipinski definition) is 2. The van der Waals surface area contributed by atoms with Crippen molar-refractivity contribution in [3.05, 3.63) is 29.8 Å². The number of rotatable bonds is 6. The summed E-state index contributed by atoms with van der Waals surface area (Å²) >= 11 is 1.77. The van der Waals surface area contributed by atoms with Crippen molar-refractivity contribution in [3.63, 3.8) is 0 Å². The van der Waals surface area contributed by atoms with Gasteiger partial charge in [0.25, 0.3) is 0 Å². The highest BCUT2D eigenvalue weighted by Gasteiger charge is 2.41. The molecular weight excluding hydrogens is 230 g/mol. The molecule has 2 rings (SSSR count). The largest absolute Gasteiger partial charge is 0.396 e. The number of hydrogen-bond acceptors (Lipinski definition) is 3. The van der Waals surface area contributed by atoms with E-state index in [0.717, 1.165) is 19.4 Å². The molecular formula is C14H21NOS. The Kier molecular flexibility index (Phi) is 4.13. The second kappa shape index (κ2) is 5.42. The van der Waals surface area contributed by atoms with Crippen LogP contribution in [-0.4, -0.2) is 24.5 Å². The highest BCUT2D eigenvalue weighted by Crippen LogP contribution is 2.44. The van der Waals surface area contributed by atoms with Crippen LogP contribution in [0.1, 0.15) is 31.4 Å². The number of thioether (sulfide) groups is 1. The molecule has 0 saturated heterocycles. The molecule has 1 aromatic carbocycles. The first-order valence-corrected chi connectivity index (χ1v) is 7.40. The van der Waals surface area contributed by atoms with E-state index in [4.69, 9.17) is 0 Å². The smallest absolute Gasteiger partial charge is 0.0499 e. The van der Waals surface area contributed by atoms with E-state index < -0.39 is 0 Å². The SMILES string of the molecule is CSc1ccc(C(C)NCC2(CO)CC2)cc1. The van der Waals surface area contributed by atoms with Crippen LogP contribution in [-0.2, 0) is 0 Å². The Morgan fingerprint density at radius 2 is 2.00 bits per heavy atom. The van der Waals surface area contributed by atoms with Gasteiger partial charge in [-0.3, -0.25) is 0 Å². The summed E-state index contributed by atoms with van der Waals surface area (Å²) in [6.07, 6.45) is 4.41. The molecule has 0 heterocycles. The van der Waals surface area contributed by atoms with Gasteiger partial charge in [0.1, 0.15) is 0 Å². The zero-order valence-corrected chi connectivity index (χ0v) is 11.4. The molecule has 0 aliphatic heterocycles. The summed E-state index contributed by atoms with van der Waals surface area (Å²) in [5.74, 6) is 0. The van der Waals surface area contributed by atoms with E-state index in [1.165, 1.54) is 10.5 Å². The molecule has 1 aromatic rings. The number of aliphatic hydroxyl groups excluding tert-OH is 1. The molecule has 0 spiro atoms. The Balaban J connectivity index is 1.88. The lowest BCUT2D eigenvalue weighted by atomic mass is 10.1. The van der Waals surface area contributed by atoms with Gasteiger partial charge in [-0.1, -0.05) is 12.1 Å². The lowest BCUT2D eigenvalue weighted by Gasteiger charge is -2.18. The molecule has 1 aliphatic rings. The molecule has 1 fully saturated rings. The maximum absolute atomic E-state index is 9.27. The van der Waals surface area contributed by atoms with Crippen molar-refractivity contribution in [2.75, 3.05) is 19.4 Å². The van der Waals surface area contributed by atoms with Crippen LogP contribution in [0.3, 0.4) is 0 Å². The second-order valence-electron chi connectivity index (χ2n) is 5.03. The van der Waals surface area contributed by atoms with Crippen LogP contribution in [0.5, 0.6) is 0 Å². The second-order valence-corrected chi connectivity index (χ2v) is 5.91. The highest BCUT2D eigenvalue weighted by atomic mass is 32.2. The topological polar surface area (TPSA) is 32.3 Å².